The van der Waals surface area contributed by atoms with Crippen LogP contribution in [0.2, 0.25) is 0 Å². The predicted molar refractivity (Wildman–Crippen MR) is 64.0 cm³/mol. The zero-order chi connectivity index (χ0) is 12.0. The average molecular weight is 216 g/mol. The lowest BCUT2D eigenvalue weighted by Crippen LogP contribution is -2.25. The maximum absolute atomic E-state index is 11.7. The van der Waals surface area contributed by atoms with Crippen LogP contribution >= 0.6 is 0 Å². The maximum atomic E-state index is 11.7. The summed E-state index contributed by atoms with van der Waals surface area (Å²) in [5.41, 5.74) is 1.13. The van der Waals surface area contributed by atoms with Gasteiger partial charge in [-0.1, -0.05) is 19.8 Å². The summed E-state index contributed by atoms with van der Waals surface area (Å²) in [6.07, 6.45) is 9.28. The average Bonchev–Trinajstić information content (AvgIpc) is 2.28. The number of terminal acetylenes is 1. The van der Waals surface area contributed by atoms with Crippen molar-refractivity contribution < 1.29 is 4.79 Å². The first-order valence-corrected chi connectivity index (χ1v) is 5.33. The number of amides is 1. The van der Waals surface area contributed by atoms with Crippen LogP contribution in [0.3, 0.4) is 0 Å². The minimum absolute atomic E-state index is 0.120. The van der Waals surface area contributed by atoms with Crippen molar-refractivity contribution in [2.75, 3.05) is 6.54 Å². The first-order valence-electron chi connectivity index (χ1n) is 5.33. The van der Waals surface area contributed by atoms with Gasteiger partial charge in [-0.25, -0.2) is 0 Å². The number of hydrogen-bond donors (Lipinski definition) is 1. The van der Waals surface area contributed by atoms with Crippen LogP contribution in [0, 0.1) is 18.3 Å². The molecule has 3 heteroatoms. The van der Waals surface area contributed by atoms with Crippen LogP contribution in [-0.4, -0.2) is 17.4 Å². The van der Waals surface area contributed by atoms with Crippen molar-refractivity contribution in [3.8, 4) is 12.3 Å². The molecule has 84 valence electrons. The number of carbonyl (C=O) groups excluding carboxylic acids is 1. The van der Waals surface area contributed by atoms with Crippen LogP contribution in [-0.2, 0) is 0 Å². The minimum atomic E-state index is -0.120. The third kappa shape index (κ3) is 3.74. The summed E-state index contributed by atoms with van der Waals surface area (Å²) >= 11 is 0. The standard InChI is InChI=1S/C13H16N2O/c1-4-11-7-12(9-14-8-11)13(16)15-6-5-10(2)3/h1,7-10H,5-6H2,2-3H3,(H,15,16). The molecule has 0 aromatic carbocycles. The highest BCUT2D eigenvalue weighted by Gasteiger charge is 2.05. The van der Waals surface area contributed by atoms with E-state index in [0.29, 0.717) is 23.6 Å². The van der Waals surface area contributed by atoms with Crippen molar-refractivity contribution in [2.45, 2.75) is 20.3 Å². The summed E-state index contributed by atoms with van der Waals surface area (Å²) in [6, 6.07) is 1.66. The van der Waals surface area contributed by atoms with E-state index in [2.05, 4.69) is 30.1 Å². The third-order valence-electron chi connectivity index (χ3n) is 2.17. The van der Waals surface area contributed by atoms with Crippen LogP contribution in [0.4, 0.5) is 0 Å². The molecule has 1 aromatic heterocycles. The highest BCUT2D eigenvalue weighted by molar-refractivity contribution is 5.94. The normalized spacial score (nSPS) is 9.88. The summed E-state index contributed by atoms with van der Waals surface area (Å²) in [4.78, 5) is 15.6. The largest absolute Gasteiger partial charge is 0.352 e. The summed E-state index contributed by atoms with van der Waals surface area (Å²) in [5, 5.41) is 2.83. The fourth-order valence-electron chi connectivity index (χ4n) is 1.22. The van der Waals surface area contributed by atoms with Crippen LogP contribution in [0.25, 0.3) is 0 Å². The Morgan fingerprint density at radius 2 is 2.31 bits per heavy atom. The molecular weight excluding hydrogens is 200 g/mol. The minimum Gasteiger partial charge on any atom is -0.352 e. The molecule has 0 unspecified atom stereocenters. The number of carbonyl (C=O) groups is 1. The van der Waals surface area contributed by atoms with E-state index in [9.17, 15) is 4.79 Å². The van der Waals surface area contributed by atoms with Crippen molar-refractivity contribution >= 4 is 5.91 Å². The second kappa shape index (κ2) is 5.92. The molecule has 3 nitrogen and oxygen atoms in total. The van der Waals surface area contributed by atoms with E-state index in [1.807, 2.05) is 0 Å². The predicted octanol–water partition coefficient (Wildman–Crippen LogP) is 1.84. The first-order chi connectivity index (χ1) is 7.63. The highest BCUT2D eigenvalue weighted by atomic mass is 16.1. The molecule has 0 atom stereocenters. The summed E-state index contributed by atoms with van der Waals surface area (Å²) < 4.78 is 0. The lowest BCUT2D eigenvalue weighted by molar-refractivity contribution is 0.0951. The van der Waals surface area contributed by atoms with E-state index in [4.69, 9.17) is 6.42 Å². The van der Waals surface area contributed by atoms with E-state index >= 15 is 0 Å². The molecule has 0 saturated heterocycles. The molecule has 0 saturated carbocycles. The van der Waals surface area contributed by atoms with Gasteiger partial charge in [0.2, 0.25) is 0 Å². The number of aromatic nitrogens is 1. The molecule has 1 rings (SSSR count). The fraction of sp³-hybridized carbons (Fsp3) is 0.385. The lowest BCUT2D eigenvalue weighted by atomic mass is 10.1. The lowest BCUT2D eigenvalue weighted by Gasteiger charge is -2.06. The smallest absolute Gasteiger partial charge is 0.252 e. The Bertz CT molecular complexity index is 405. The van der Waals surface area contributed by atoms with Crippen LogP contribution in [0.15, 0.2) is 18.5 Å². The van der Waals surface area contributed by atoms with Crippen molar-refractivity contribution in [3.05, 3.63) is 29.6 Å². The van der Waals surface area contributed by atoms with Crippen molar-refractivity contribution in [1.29, 1.82) is 0 Å². The fourth-order valence-corrected chi connectivity index (χ4v) is 1.22. The van der Waals surface area contributed by atoms with Gasteiger partial charge in [0.15, 0.2) is 0 Å². The second-order valence-electron chi connectivity index (χ2n) is 4.05. The van der Waals surface area contributed by atoms with Crippen molar-refractivity contribution in [3.63, 3.8) is 0 Å². The third-order valence-corrected chi connectivity index (χ3v) is 2.17. The molecule has 1 heterocycles. The Morgan fingerprint density at radius 1 is 1.56 bits per heavy atom. The van der Waals surface area contributed by atoms with E-state index in [1.165, 1.54) is 6.20 Å². The molecule has 0 radical (unpaired) electrons. The first kappa shape index (κ1) is 12.3. The van der Waals surface area contributed by atoms with Crippen LogP contribution in [0.5, 0.6) is 0 Å². The zero-order valence-electron chi connectivity index (χ0n) is 9.66. The van der Waals surface area contributed by atoms with Crippen LogP contribution < -0.4 is 5.32 Å². The number of rotatable bonds is 4. The van der Waals surface area contributed by atoms with Crippen LogP contribution in [0.1, 0.15) is 36.2 Å². The van der Waals surface area contributed by atoms with E-state index in [1.54, 1.807) is 12.3 Å². The Morgan fingerprint density at radius 3 is 2.94 bits per heavy atom. The summed E-state index contributed by atoms with van der Waals surface area (Å²) in [5.74, 6) is 2.91. The molecule has 0 fully saturated rings. The topological polar surface area (TPSA) is 42.0 Å². The molecule has 0 aliphatic carbocycles. The van der Waals surface area contributed by atoms with Gasteiger partial charge < -0.3 is 5.32 Å². The van der Waals surface area contributed by atoms with Gasteiger partial charge in [0.1, 0.15) is 0 Å². The van der Waals surface area contributed by atoms with Crippen molar-refractivity contribution in [1.82, 2.24) is 10.3 Å². The van der Waals surface area contributed by atoms with Crippen molar-refractivity contribution in [2.24, 2.45) is 5.92 Å². The number of pyridine rings is 1. The Kier molecular flexibility index (Phi) is 4.53. The molecule has 0 bridgehead atoms. The highest BCUT2D eigenvalue weighted by Crippen LogP contribution is 2.02. The van der Waals surface area contributed by atoms with Gasteiger partial charge in [0, 0.05) is 24.5 Å². The number of nitrogens with one attached hydrogen (secondary N) is 1. The SMILES string of the molecule is C#Cc1cncc(C(=O)NCCC(C)C)c1. The van der Waals surface area contributed by atoms with E-state index in [-0.39, 0.29) is 5.91 Å². The molecule has 1 amide bonds. The van der Waals surface area contributed by atoms with Gasteiger partial charge >= 0.3 is 0 Å². The van der Waals surface area contributed by atoms with Gasteiger partial charge in [-0.2, -0.15) is 0 Å². The van der Waals surface area contributed by atoms with Gasteiger partial charge in [0.25, 0.3) is 5.91 Å². The molecule has 0 spiro atoms. The number of nitrogens with zero attached hydrogens (tertiary/aromatic N) is 1. The second-order valence-corrected chi connectivity index (χ2v) is 4.05. The molecule has 0 aliphatic heterocycles. The molecule has 1 N–H and O–H groups in total. The Balaban J connectivity index is 2.56. The number of hydrogen-bond acceptors (Lipinski definition) is 2. The monoisotopic (exact) mass is 216 g/mol. The van der Waals surface area contributed by atoms with E-state index in [0.717, 1.165) is 6.42 Å². The molecule has 16 heavy (non-hydrogen) atoms. The van der Waals surface area contributed by atoms with Gasteiger partial charge in [0.05, 0.1) is 5.56 Å². The molecular formula is C13H16N2O. The quantitative estimate of drug-likeness (QED) is 0.780. The Labute approximate surface area is 96.3 Å². The summed E-state index contributed by atoms with van der Waals surface area (Å²) in [7, 11) is 0. The molecule has 1 aromatic rings. The summed E-state index contributed by atoms with van der Waals surface area (Å²) in [6.45, 7) is 4.91. The van der Waals surface area contributed by atoms with Gasteiger partial charge in [-0.15, -0.1) is 6.42 Å². The van der Waals surface area contributed by atoms with E-state index < -0.39 is 0 Å². The van der Waals surface area contributed by atoms with Gasteiger partial charge in [-0.3, -0.25) is 9.78 Å². The van der Waals surface area contributed by atoms with Gasteiger partial charge in [-0.05, 0) is 18.4 Å². The maximum Gasteiger partial charge on any atom is 0.252 e. The molecule has 0 aliphatic rings. The Hall–Kier alpha value is -1.82. The zero-order valence-corrected chi connectivity index (χ0v) is 9.66.